The SMILES string of the molecule is Cc1ccc2cc(CN(Cc3cccs3)Cc3nnnn3Cc3ccc(F)cc3)c(=O)[nH]c2c1C. The smallest absolute Gasteiger partial charge is 0.252 e. The van der Waals surface area contributed by atoms with Gasteiger partial charge in [-0.05, 0) is 76.0 Å². The van der Waals surface area contributed by atoms with E-state index in [-0.39, 0.29) is 11.4 Å². The Labute approximate surface area is 205 Å². The number of pyridine rings is 1. The van der Waals surface area contributed by atoms with Gasteiger partial charge in [-0.25, -0.2) is 9.07 Å². The third-order valence-electron chi connectivity index (χ3n) is 6.20. The van der Waals surface area contributed by atoms with E-state index in [4.69, 9.17) is 0 Å². The van der Waals surface area contributed by atoms with E-state index in [0.29, 0.717) is 37.6 Å². The van der Waals surface area contributed by atoms with E-state index in [1.54, 1.807) is 28.2 Å². The fraction of sp³-hybridized carbons (Fsp3) is 0.231. The van der Waals surface area contributed by atoms with Crippen molar-refractivity contribution in [1.82, 2.24) is 30.1 Å². The van der Waals surface area contributed by atoms with E-state index in [1.165, 1.54) is 17.0 Å². The first-order chi connectivity index (χ1) is 17.0. The van der Waals surface area contributed by atoms with E-state index in [1.807, 2.05) is 37.4 Å². The highest BCUT2D eigenvalue weighted by atomic mass is 32.1. The van der Waals surface area contributed by atoms with E-state index < -0.39 is 0 Å². The largest absolute Gasteiger partial charge is 0.321 e. The number of H-pyrrole nitrogens is 1. The Hall–Kier alpha value is -3.69. The lowest BCUT2D eigenvalue weighted by Crippen LogP contribution is -2.28. The van der Waals surface area contributed by atoms with Crippen LogP contribution in [0.15, 0.2) is 64.8 Å². The second kappa shape index (κ2) is 9.89. The molecule has 35 heavy (non-hydrogen) atoms. The molecule has 0 aliphatic rings. The molecular weight excluding hydrogens is 463 g/mol. The highest BCUT2D eigenvalue weighted by molar-refractivity contribution is 7.09. The van der Waals surface area contributed by atoms with Crippen molar-refractivity contribution in [1.29, 1.82) is 0 Å². The van der Waals surface area contributed by atoms with Gasteiger partial charge in [0.1, 0.15) is 5.82 Å². The minimum Gasteiger partial charge on any atom is -0.321 e. The molecule has 0 atom stereocenters. The van der Waals surface area contributed by atoms with Gasteiger partial charge in [-0.1, -0.05) is 30.3 Å². The topological polar surface area (TPSA) is 79.7 Å². The summed E-state index contributed by atoms with van der Waals surface area (Å²) >= 11 is 1.67. The van der Waals surface area contributed by atoms with Crippen molar-refractivity contribution >= 4 is 22.2 Å². The second-order valence-corrected chi connectivity index (χ2v) is 9.73. The summed E-state index contributed by atoms with van der Waals surface area (Å²) in [5.41, 5.74) is 4.62. The molecule has 9 heteroatoms. The molecule has 0 saturated heterocycles. The lowest BCUT2D eigenvalue weighted by Gasteiger charge is -2.21. The molecule has 0 amide bonds. The summed E-state index contributed by atoms with van der Waals surface area (Å²) < 4.78 is 15.0. The second-order valence-electron chi connectivity index (χ2n) is 8.70. The number of fused-ring (bicyclic) bond motifs is 1. The number of halogens is 1. The molecule has 0 aliphatic carbocycles. The predicted octanol–water partition coefficient (Wildman–Crippen LogP) is 4.58. The number of aromatic amines is 1. The van der Waals surface area contributed by atoms with Gasteiger partial charge in [0.25, 0.3) is 5.56 Å². The minimum absolute atomic E-state index is 0.0896. The van der Waals surface area contributed by atoms with Gasteiger partial charge in [0, 0.05) is 23.5 Å². The number of thiophene rings is 1. The number of tetrazole rings is 1. The maximum absolute atomic E-state index is 13.3. The Kier molecular flexibility index (Phi) is 6.52. The monoisotopic (exact) mass is 488 g/mol. The number of aryl methyl sites for hydroxylation is 2. The molecule has 0 bridgehead atoms. The van der Waals surface area contributed by atoms with Crippen molar-refractivity contribution in [3.8, 4) is 0 Å². The zero-order valence-electron chi connectivity index (χ0n) is 19.5. The van der Waals surface area contributed by atoms with Crippen LogP contribution in [0.2, 0.25) is 0 Å². The molecule has 7 nitrogen and oxygen atoms in total. The van der Waals surface area contributed by atoms with Gasteiger partial charge in [-0.15, -0.1) is 16.4 Å². The lowest BCUT2D eigenvalue weighted by molar-refractivity contribution is 0.238. The lowest BCUT2D eigenvalue weighted by atomic mass is 10.0. The number of benzene rings is 2. The first-order valence-corrected chi connectivity index (χ1v) is 12.2. The van der Waals surface area contributed by atoms with E-state index in [2.05, 4.69) is 37.5 Å². The van der Waals surface area contributed by atoms with E-state index in [0.717, 1.165) is 27.6 Å². The van der Waals surface area contributed by atoms with Gasteiger partial charge in [-0.2, -0.15) is 0 Å². The average molecular weight is 489 g/mol. The van der Waals surface area contributed by atoms with Gasteiger partial charge in [0.05, 0.1) is 18.6 Å². The molecule has 0 spiro atoms. The Bertz CT molecular complexity index is 1510. The van der Waals surface area contributed by atoms with Crippen LogP contribution in [-0.4, -0.2) is 30.1 Å². The van der Waals surface area contributed by atoms with Crippen molar-refractivity contribution < 1.29 is 4.39 Å². The fourth-order valence-electron chi connectivity index (χ4n) is 4.14. The van der Waals surface area contributed by atoms with Crippen LogP contribution in [0.3, 0.4) is 0 Å². The average Bonchev–Trinajstić information content (AvgIpc) is 3.51. The third kappa shape index (κ3) is 5.21. The summed E-state index contributed by atoms with van der Waals surface area (Å²) in [7, 11) is 0. The van der Waals surface area contributed by atoms with Crippen molar-refractivity contribution in [3.05, 3.63) is 109 Å². The zero-order chi connectivity index (χ0) is 24.4. The molecule has 5 rings (SSSR count). The molecule has 0 fully saturated rings. The van der Waals surface area contributed by atoms with Gasteiger partial charge in [0.2, 0.25) is 0 Å². The molecule has 0 unspecified atom stereocenters. The summed E-state index contributed by atoms with van der Waals surface area (Å²) in [6, 6.07) is 16.5. The number of nitrogens with zero attached hydrogens (tertiary/aromatic N) is 5. The highest BCUT2D eigenvalue weighted by Gasteiger charge is 2.17. The summed E-state index contributed by atoms with van der Waals surface area (Å²) in [5, 5.41) is 15.3. The van der Waals surface area contributed by atoms with Crippen LogP contribution in [0.1, 0.15) is 33.0 Å². The van der Waals surface area contributed by atoms with Crippen molar-refractivity contribution in [2.24, 2.45) is 0 Å². The van der Waals surface area contributed by atoms with Crippen LogP contribution in [0.5, 0.6) is 0 Å². The molecule has 5 aromatic rings. The molecule has 178 valence electrons. The molecule has 0 radical (unpaired) electrons. The van der Waals surface area contributed by atoms with Gasteiger partial charge in [0.15, 0.2) is 5.82 Å². The van der Waals surface area contributed by atoms with Crippen LogP contribution in [0.25, 0.3) is 10.9 Å². The molecule has 0 aliphatic heterocycles. The molecule has 3 heterocycles. The Morgan fingerprint density at radius 2 is 1.89 bits per heavy atom. The van der Waals surface area contributed by atoms with Gasteiger partial charge >= 0.3 is 0 Å². The first-order valence-electron chi connectivity index (χ1n) is 11.3. The molecule has 2 aromatic carbocycles. The van der Waals surface area contributed by atoms with Crippen LogP contribution >= 0.6 is 11.3 Å². The van der Waals surface area contributed by atoms with Crippen LogP contribution in [0.4, 0.5) is 4.39 Å². The number of hydrogen-bond acceptors (Lipinski definition) is 6. The maximum atomic E-state index is 13.3. The van der Waals surface area contributed by atoms with E-state index >= 15 is 0 Å². The highest BCUT2D eigenvalue weighted by Crippen LogP contribution is 2.21. The van der Waals surface area contributed by atoms with Crippen LogP contribution in [0, 0.1) is 19.7 Å². The maximum Gasteiger partial charge on any atom is 0.252 e. The first kappa shape index (κ1) is 23.1. The Morgan fingerprint density at radius 1 is 1.06 bits per heavy atom. The van der Waals surface area contributed by atoms with E-state index in [9.17, 15) is 9.18 Å². The Balaban J connectivity index is 1.43. The fourth-order valence-corrected chi connectivity index (χ4v) is 4.89. The summed E-state index contributed by atoms with van der Waals surface area (Å²) in [4.78, 5) is 19.4. The molecular formula is C26H25FN6OS. The zero-order valence-corrected chi connectivity index (χ0v) is 20.3. The standard InChI is InChI=1S/C26H25FN6OS/c1-17-5-8-20-12-21(26(34)28-25(20)18(17)2)14-32(15-23-4-3-11-35-23)16-24-29-30-31-33(24)13-19-6-9-22(27)10-7-19/h3-12H,13-16H2,1-2H3,(H,28,34). The number of nitrogens with one attached hydrogen (secondary N) is 1. The molecule has 0 saturated carbocycles. The Morgan fingerprint density at radius 3 is 2.66 bits per heavy atom. The number of hydrogen-bond donors (Lipinski definition) is 1. The summed E-state index contributed by atoms with van der Waals surface area (Å²) in [6.45, 7) is 6.06. The normalized spacial score (nSPS) is 11.5. The van der Waals surface area contributed by atoms with Crippen molar-refractivity contribution in [2.75, 3.05) is 0 Å². The number of aromatic nitrogens is 5. The van der Waals surface area contributed by atoms with Crippen LogP contribution < -0.4 is 5.56 Å². The third-order valence-corrected chi connectivity index (χ3v) is 7.06. The summed E-state index contributed by atoms with van der Waals surface area (Å²) in [6.07, 6.45) is 0. The van der Waals surface area contributed by atoms with Crippen molar-refractivity contribution in [3.63, 3.8) is 0 Å². The molecule has 1 N–H and O–H groups in total. The van der Waals surface area contributed by atoms with Crippen LogP contribution in [-0.2, 0) is 26.2 Å². The summed E-state index contributed by atoms with van der Waals surface area (Å²) in [5.74, 6) is 0.397. The van der Waals surface area contributed by atoms with Gasteiger partial charge < -0.3 is 4.98 Å². The quantitative estimate of drug-likeness (QED) is 0.346. The van der Waals surface area contributed by atoms with Gasteiger partial charge in [-0.3, -0.25) is 9.69 Å². The number of rotatable bonds is 8. The van der Waals surface area contributed by atoms with Crippen molar-refractivity contribution in [2.45, 2.75) is 40.0 Å². The molecule has 3 aromatic heterocycles. The minimum atomic E-state index is -0.279. The predicted molar refractivity (Wildman–Crippen MR) is 135 cm³/mol.